The molecule has 6 rings (SSSR count). The Kier molecular flexibility index (Phi) is 88.7. The van der Waals surface area contributed by atoms with Gasteiger partial charge in [0, 0.05) is 97.4 Å². The summed E-state index contributed by atoms with van der Waals surface area (Å²) in [6, 6.07) is 23.9. The van der Waals surface area contributed by atoms with Crippen molar-refractivity contribution < 1.29 is 308 Å². The molecule has 0 bridgehead atoms. The molecular formula is C99H152MnN4Na4O36+4. The second-order valence-corrected chi connectivity index (χ2v) is 30.4. The Bertz CT molecular complexity index is 3880. The monoisotopic (exact) mass is 2120 g/mol. The van der Waals surface area contributed by atoms with E-state index in [9.17, 15) is 45.0 Å². The third-order valence-corrected chi connectivity index (χ3v) is 19.7. The van der Waals surface area contributed by atoms with Gasteiger partial charge in [-0.2, -0.15) is 0 Å². The zero-order valence-electron chi connectivity index (χ0n) is 85.7. The summed E-state index contributed by atoms with van der Waals surface area (Å²) in [5, 5.41) is 74.5. The number of hydrogen-bond acceptors (Lipinski definition) is 36. The molecule has 1 radical (unpaired) electrons. The molecule has 40 nitrogen and oxygen atoms in total. The zero-order chi connectivity index (χ0) is 99.5. The van der Waals surface area contributed by atoms with E-state index in [4.69, 9.17) is 123 Å². The third kappa shape index (κ3) is 60.3. The van der Waals surface area contributed by atoms with Crippen molar-refractivity contribution in [2.75, 3.05) is 300 Å². The first kappa shape index (κ1) is 140. The van der Waals surface area contributed by atoms with Crippen LogP contribution in [0.3, 0.4) is 0 Å². The zero-order valence-corrected chi connectivity index (χ0v) is 94.9. The van der Waals surface area contributed by atoms with E-state index in [2.05, 4.69) is 35.1 Å². The predicted octanol–water partition coefficient (Wildman–Crippen LogP) is -2.27. The number of phenolic OH excluding ortho intramolecular Hbond substituents is 6. The second-order valence-electron chi connectivity index (χ2n) is 30.4. The summed E-state index contributed by atoms with van der Waals surface area (Å²) in [6.45, 7) is 13.3. The summed E-state index contributed by atoms with van der Waals surface area (Å²) in [5.41, 5.74) is -0.509. The molecule has 10 N–H and O–H groups in total. The maximum atomic E-state index is 15.9. The number of ether oxygens (including phenoxy) is 26. The maximum absolute atomic E-state index is 15.9. The van der Waals surface area contributed by atoms with Gasteiger partial charge >= 0.3 is 118 Å². The van der Waals surface area contributed by atoms with Gasteiger partial charge in [-0.05, 0) is 128 Å². The average Bonchev–Trinajstić information content (AvgIpc) is 0.816. The van der Waals surface area contributed by atoms with Gasteiger partial charge in [0.25, 0.3) is 17.7 Å². The summed E-state index contributed by atoms with van der Waals surface area (Å²) in [5.74, 6) is -4.09. The van der Waals surface area contributed by atoms with Crippen molar-refractivity contribution in [3.63, 3.8) is 0 Å². The SMILES string of the molecule is C.CCC.COCCOCCOCCOc1cc(COc2cc(CNC(=O)C(CCCNC(=O)c3cccc(O)c3O)(CCCNC(=O)c3cccc(O)c3O)CCCNC(=O)c3cccc(O)c3O)cc(OCc3cc(OCCOCCOCCOC)c(OCCOCCOCCOC)c(OCCOCCOCCOC)c3)c2)cc(OCCOCCOCCOC)c1OCCOCCOCCOC.[Mn].[Na+].[Na+].[Na+].[Na+]. The van der Waals surface area contributed by atoms with Crippen LogP contribution in [0.4, 0.5) is 0 Å². The first-order valence-corrected chi connectivity index (χ1v) is 46.4. The van der Waals surface area contributed by atoms with Crippen LogP contribution in [-0.2, 0) is 127 Å². The molecule has 0 unspecified atom stereocenters. The third-order valence-electron chi connectivity index (χ3n) is 19.7. The number of amides is 4. The van der Waals surface area contributed by atoms with E-state index < -0.39 is 63.5 Å². The predicted molar refractivity (Wildman–Crippen MR) is 513 cm³/mol. The van der Waals surface area contributed by atoms with Gasteiger partial charge in [0.15, 0.2) is 57.5 Å². The summed E-state index contributed by atoms with van der Waals surface area (Å²) in [7, 11) is 9.54. The molecule has 0 fully saturated rings. The van der Waals surface area contributed by atoms with E-state index in [0.29, 0.717) is 136 Å². The van der Waals surface area contributed by atoms with Crippen LogP contribution in [0.1, 0.15) is 114 Å². The van der Waals surface area contributed by atoms with Gasteiger partial charge in [-0.1, -0.05) is 45.9 Å². The van der Waals surface area contributed by atoms with Gasteiger partial charge in [-0.15, -0.1) is 0 Å². The Morgan fingerprint density at radius 2 is 0.507 bits per heavy atom. The van der Waals surface area contributed by atoms with E-state index >= 15 is 4.79 Å². The smallest absolute Gasteiger partial charge is 0.504 e. The number of hydrogen-bond donors (Lipinski definition) is 10. The van der Waals surface area contributed by atoms with E-state index in [1.54, 1.807) is 85.1 Å². The minimum atomic E-state index is -1.41. The molecule has 144 heavy (non-hydrogen) atoms. The van der Waals surface area contributed by atoms with Crippen molar-refractivity contribution in [1.29, 1.82) is 0 Å². The van der Waals surface area contributed by atoms with Crippen molar-refractivity contribution >= 4 is 23.6 Å². The molecule has 0 atom stereocenters. The largest absolute Gasteiger partial charge is 1.00 e. The topological polar surface area (TPSA) is 478 Å². The summed E-state index contributed by atoms with van der Waals surface area (Å²) in [4.78, 5) is 56.9. The Morgan fingerprint density at radius 1 is 0.285 bits per heavy atom. The molecule has 0 saturated carbocycles. The van der Waals surface area contributed by atoms with E-state index in [-0.39, 0.29) is 402 Å². The van der Waals surface area contributed by atoms with Crippen LogP contribution < -0.4 is 177 Å². The number of nitrogens with one attached hydrogen (secondary N) is 4. The van der Waals surface area contributed by atoms with Gasteiger partial charge in [0.2, 0.25) is 17.4 Å². The van der Waals surface area contributed by atoms with Gasteiger partial charge in [0.05, 0.1) is 215 Å². The molecule has 791 valence electrons. The normalized spacial score (nSPS) is 10.8. The molecule has 0 heterocycles. The number of para-hydroxylation sites is 3. The summed E-state index contributed by atoms with van der Waals surface area (Å²) in [6.07, 6.45) is 1.78. The minimum Gasteiger partial charge on any atom is -0.504 e. The molecule has 0 aliphatic heterocycles. The molecule has 0 saturated heterocycles. The van der Waals surface area contributed by atoms with E-state index in [0.717, 1.165) is 0 Å². The van der Waals surface area contributed by atoms with Crippen molar-refractivity contribution in [3.05, 3.63) is 130 Å². The molecule has 4 amide bonds. The summed E-state index contributed by atoms with van der Waals surface area (Å²) >= 11 is 0. The fourth-order valence-corrected chi connectivity index (χ4v) is 12.8. The van der Waals surface area contributed by atoms with E-state index in [1.165, 1.54) is 61.0 Å². The molecule has 6 aromatic carbocycles. The Hall–Kier alpha value is -5.80. The molecule has 0 aliphatic carbocycles. The van der Waals surface area contributed by atoms with Gasteiger partial charge in [-0.25, -0.2) is 0 Å². The number of methoxy groups -OCH3 is 6. The van der Waals surface area contributed by atoms with Gasteiger partial charge < -0.3 is 175 Å². The van der Waals surface area contributed by atoms with Crippen molar-refractivity contribution in [2.24, 2.45) is 5.41 Å². The minimum absolute atomic E-state index is 0. The summed E-state index contributed by atoms with van der Waals surface area (Å²) < 4.78 is 152. The Balaban J connectivity index is 0. The van der Waals surface area contributed by atoms with Crippen LogP contribution in [0.25, 0.3) is 0 Å². The average molecular weight is 2120 g/mol. The number of carbonyl (C=O) groups excluding carboxylic acids is 4. The van der Waals surface area contributed by atoms with Crippen LogP contribution in [0.5, 0.6) is 80.5 Å². The van der Waals surface area contributed by atoms with Gasteiger partial charge in [0.1, 0.15) is 64.4 Å². The van der Waals surface area contributed by atoms with Crippen LogP contribution in [0.2, 0.25) is 0 Å². The Morgan fingerprint density at radius 3 is 0.743 bits per heavy atom. The van der Waals surface area contributed by atoms with Crippen molar-refractivity contribution in [2.45, 2.75) is 86.0 Å². The molecule has 0 aliphatic rings. The molecule has 0 spiro atoms. The Labute approximate surface area is 947 Å². The number of benzene rings is 6. The van der Waals surface area contributed by atoms with Gasteiger partial charge in [-0.3, -0.25) is 19.2 Å². The van der Waals surface area contributed by atoms with Crippen LogP contribution >= 0.6 is 0 Å². The molecule has 0 aromatic heterocycles. The number of aromatic hydroxyl groups is 6. The molecule has 45 heteroatoms. The first-order chi connectivity index (χ1) is 67.4. The van der Waals surface area contributed by atoms with Crippen LogP contribution in [0.15, 0.2) is 97.1 Å². The second kappa shape index (κ2) is 91.0. The standard InChI is InChI=1S/C95H140N4O36.C3H8.CH4.Mn.4Na/c1-110-25-31-116-37-43-122-49-55-128-82-63-72(64-83(129-56-50-123-44-38-117-32-26-111-2)89(82)132-59-53-126-47-41-120-35-29-114-5)69-134-74-61-71(62-75(67-74)135-70-73-65-84(130-57-51-124-45-39-118-33-27-112-3)90(133-60-54-127-48-42-121-36-30-115-6)85(66-73)131-58-52-125-46-40-119-34-28-113-4)68-99-94(109)95(19-10-22-96-91(106)76-13-7-16-79(100)86(76)103,20-11-23-97-92(107)77-14-8-17-80(101)87(77)104)21-12-24-98-93(108)78-15-9-18-81(102)88(78)105;1-3-2;;;;;;/h7-9,13-18,61-67,100-105H,10-12,19-60,68-70H2,1-6H3,(H,96,106)(H,97,107)(H,98,108)(H,99,109);3H2,1-2H3;1H4;;;;;/q;;;;4*+1. The first-order valence-electron chi connectivity index (χ1n) is 46.4. The fourth-order valence-electron chi connectivity index (χ4n) is 12.8. The molecular weight excluding hydrogens is 1970 g/mol. The van der Waals surface area contributed by atoms with E-state index in [1.807, 2.05) is 0 Å². The quantitative estimate of drug-likeness (QED) is 0.0109. The number of carbonyl (C=O) groups is 4. The number of phenols is 6. The van der Waals surface area contributed by atoms with Crippen molar-refractivity contribution in [3.8, 4) is 80.5 Å². The van der Waals surface area contributed by atoms with Crippen molar-refractivity contribution in [1.82, 2.24) is 21.3 Å². The fraction of sp³-hybridized carbons (Fsp3) is 0.596. The van der Waals surface area contributed by atoms with Crippen LogP contribution in [0, 0.1) is 5.41 Å². The number of rotatable bonds is 84. The van der Waals surface area contributed by atoms with Crippen LogP contribution in [-0.4, -0.2) is 354 Å². The molecule has 6 aromatic rings. The maximum Gasteiger partial charge on any atom is 1.00 e.